The molecule has 2 aromatic carbocycles. The van der Waals surface area contributed by atoms with Gasteiger partial charge in [0.1, 0.15) is 0 Å². The molecule has 0 nitrogen and oxygen atoms in total. The maximum atomic E-state index is 3.84. The highest BCUT2D eigenvalue weighted by Gasteiger charge is 2.27. The summed E-state index contributed by atoms with van der Waals surface area (Å²) in [7, 11) is 0. The van der Waals surface area contributed by atoms with E-state index in [9.17, 15) is 0 Å². The normalized spacial score (nSPS) is 13.1. The highest BCUT2D eigenvalue weighted by atomic mass is 14.3. The molecular formula is C20H22. The van der Waals surface area contributed by atoms with Gasteiger partial charge in [-0.2, -0.15) is 0 Å². The van der Waals surface area contributed by atoms with Gasteiger partial charge in [0.15, 0.2) is 0 Å². The molecule has 20 heavy (non-hydrogen) atoms. The number of allylic oxidation sites excluding steroid dienone is 1. The summed E-state index contributed by atoms with van der Waals surface area (Å²) in [6.45, 7) is 8.22. The van der Waals surface area contributed by atoms with Crippen molar-refractivity contribution in [1.29, 1.82) is 0 Å². The second kappa shape index (κ2) is 5.28. The molecule has 0 atom stereocenters. The van der Waals surface area contributed by atoms with Gasteiger partial charge in [0, 0.05) is 5.92 Å². The number of benzene rings is 2. The third-order valence-electron chi connectivity index (χ3n) is 4.36. The third-order valence-corrected chi connectivity index (χ3v) is 4.36. The van der Waals surface area contributed by atoms with E-state index in [1.807, 2.05) is 6.08 Å². The molecule has 0 amide bonds. The zero-order valence-electron chi connectivity index (χ0n) is 12.4. The van der Waals surface area contributed by atoms with E-state index in [1.165, 1.54) is 46.2 Å². The third kappa shape index (κ3) is 2.20. The van der Waals surface area contributed by atoms with Gasteiger partial charge in [-0.3, -0.25) is 0 Å². The molecule has 2 aromatic rings. The summed E-state index contributed by atoms with van der Waals surface area (Å²) in [5, 5.41) is 0. The minimum Gasteiger partial charge on any atom is -0.103 e. The molecule has 1 aliphatic rings. The largest absolute Gasteiger partial charge is 0.103 e. The van der Waals surface area contributed by atoms with Crippen LogP contribution in [0.5, 0.6) is 0 Å². The standard InChI is InChI=1S/C20H22/c1-4-5-6-7-16-19-12-14(2)8-10-17(19)18-11-9-15(3)13-20(16)18/h4,8-13,16H,1,5-7H2,2-3H3. The van der Waals surface area contributed by atoms with Gasteiger partial charge in [-0.05, 0) is 55.4 Å². The SMILES string of the molecule is C=CCCCC1c2cc(C)ccc2-c2ccc(C)cc21. The molecule has 1 aliphatic carbocycles. The molecule has 0 spiro atoms. The lowest BCUT2D eigenvalue weighted by Gasteiger charge is -2.14. The zero-order chi connectivity index (χ0) is 14.1. The summed E-state index contributed by atoms with van der Waals surface area (Å²) < 4.78 is 0. The predicted octanol–water partition coefficient (Wildman–Crippen LogP) is 5.77. The van der Waals surface area contributed by atoms with E-state index >= 15 is 0 Å². The lowest BCUT2D eigenvalue weighted by atomic mass is 9.90. The van der Waals surface area contributed by atoms with Crippen LogP contribution in [0.4, 0.5) is 0 Å². The number of fused-ring (bicyclic) bond motifs is 3. The summed E-state index contributed by atoms with van der Waals surface area (Å²) in [5.74, 6) is 0.569. The summed E-state index contributed by atoms with van der Waals surface area (Å²) >= 11 is 0. The van der Waals surface area contributed by atoms with Gasteiger partial charge in [0.2, 0.25) is 0 Å². The molecule has 0 heterocycles. The van der Waals surface area contributed by atoms with Crippen molar-refractivity contribution in [3.05, 3.63) is 71.3 Å². The number of unbranched alkanes of at least 4 members (excludes halogenated alkanes) is 1. The van der Waals surface area contributed by atoms with Crippen LogP contribution in [0.2, 0.25) is 0 Å². The van der Waals surface area contributed by atoms with Crippen LogP contribution in [-0.2, 0) is 0 Å². The van der Waals surface area contributed by atoms with Crippen LogP contribution in [0.15, 0.2) is 49.1 Å². The van der Waals surface area contributed by atoms with E-state index in [-0.39, 0.29) is 0 Å². The van der Waals surface area contributed by atoms with Crippen LogP contribution in [-0.4, -0.2) is 0 Å². The minimum atomic E-state index is 0.569. The molecule has 3 rings (SSSR count). The average Bonchev–Trinajstić information content (AvgIpc) is 2.72. The number of hydrogen-bond donors (Lipinski definition) is 0. The van der Waals surface area contributed by atoms with Gasteiger partial charge in [0.05, 0.1) is 0 Å². The van der Waals surface area contributed by atoms with Crippen LogP contribution in [0.25, 0.3) is 11.1 Å². The Kier molecular flexibility index (Phi) is 3.48. The van der Waals surface area contributed by atoms with Gasteiger partial charge in [-0.15, -0.1) is 6.58 Å². The second-order valence-electron chi connectivity index (χ2n) is 5.95. The first-order valence-corrected chi connectivity index (χ1v) is 7.53. The van der Waals surface area contributed by atoms with Crippen LogP contribution in [0, 0.1) is 13.8 Å². The van der Waals surface area contributed by atoms with E-state index in [1.54, 1.807) is 0 Å². The topological polar surface area (TPSA) is 0 Å². The van der Waals surface area contributed by atoms with Gasteiger partial charge >= 0.3 is 0 Å². The molecule has 0 N–H and O–H groups in total. The molecular weight excluding hydrogens is 240 g/mol. The zero-order valence-corrected chi connectivity index (χ0v) is 12.4. The fourth-order valence-electron chi connectivity index (χ4n) is 3.38. The lowest BCUT2D eigenvalue weighted by molar-refractivity contribution is 0.679. The Morgan fingerprint density at radius 1 is 0.950 bits per heavy atom. The van der Waals surface area contributed by atoms with E-state index < -0.39 is 0 Å². The Morgan fingerprint density at radius 3 is 2.00 bits per heavy atom. The maximum Gasteiger partial charge on any atom is 0.0102 e. The van der Waals surface area contributed by atoms with Crippen LogP contribution < -0.4 is 0 Å². The Balaban J connectivity index is 2.06. The molecule has 0 aliphatic heterocycles. The maximum absolute atomic E-state index is 3.84. The van der Waals surface area contributed by atoms with E-state index in [0.29, 0.717) is 5.92 Å². The fraction of sp³-hybridized carbons (Fsp3) is 0.300. The lowest BCUT2D eigenvalue weighted by Crippen LogP contribution is -1.97. The summed E-state index contributed by atoms with van der Waals surface area (Å²) in [6, 6.07) is 13.8. The number of aryl methyl sites for hydroxylation is 2. The summed E-state index contributed by atoms with van der Waals surface area (Å²) in [6.07, 6.45) is 5.58. The smallest absolute Gasteiger partial charge is 0.0102 e. The Labute approximate surface area is 122 Å². The predicted molar refractivity (Wildman–Crippen MR) is 87.2 cm³/mol. The molecule has 0 unspecified atom stereocenters. The van der Waals surface area contributed by atoms with Crippen molar-refractivity contribution in [3.8, 4) is 11.1 Å². The Morgan fingerprint density at radius 2 is 1.50 bits per heavy atom. The number of rotatable bonds is 4. The van der Waals surface area contributed by atoms with Crippen molar-refractivity contribution in [1.82, 2.24) is 0 Å². The van der Waals surface area contributed by atoms with Crippen molar-refractivity contribution in [2.24, 2.45) is 0 Å². The van der Waals surface area contributed by atoms with E-state index in [4.69, 9.17) is 0 Å². The van der Waals surface area contributed by atoms with Crippen molar-refractivity contribution < 1.29 is 0 Å². The first kappa shape index (κ1) is 13.2. The molecule has 0 heteroatoms. The quantitative estimate of drug-likeness (QED) is 0.484. The fourth-order valence-corrected chi connectivity index (χ4v) is 3.38. The van der Waals surface area contributed by atoms with Gasteiger partial charge < -0.3 is 0 Å². The van der Waals surface area contributed by atoms with Crippen LogP contribution in [0.3, 0.4) is 0 Å². The summed E-state index contributed by atoms with van der Waals surface area (Å²) in [4.78, 5) is 0. The first-order valence-electron chi connectivity index (χ1n) is 7.53. The van der Waals surface area contributed by atoms with E-state index in [2.05, 4.69) is 56.8 Å². The van der Waals surface area contributed by atoms with Crippen LogP contribution in [0.1, 0.15) is 47.4 Å². The van der Waals surface area contributed by atoms with Crippen molar-refractivity contribution in [2.75, 3.05) is 0 Å². The van der Waals surface area contributed by atoms with Crippen molar-refractivity contribution in [3.63, 3.8) is 0 Å². The minimum absolute atomic E-state index is 0.569. The van der Waals surface area contributed by atoms with E-state index in [0.717, 1.165) is 6.42 Å². The first-order chi connectivity index (χ1) is 9.70. The van der Waals surface area contributed by atoms with Gasteiger partial charge in [-0.25, -0.2) is 0 Å². The Hall–Kier alpha value is -1.82. The summed E-state index contributed by atoms with van der Waals surface area (Å²) in [5.41, 5.74) is 8.65. The van der Waals surface area contributed by atoms with Crippen molar-refractivity contribution in [2.45, 2.75) is 39.0 Å². The van der Waals surface area contributed by atoms with Crippen molar-refractivity contribution >= 4 is 0 Å². The molecule has 102 valence electrons. The second-order valence-corrected chi connectivity index (χ2v) is 5.95. The molecule has 0 radical (unpaired) electrons. The molecule has 0 bridgehead atoms. The molecule has 0 saturated carbocycles. The van der Waals surface area contributed by atoms with Gasteiger partial charge in [-0.1, -0.05) is 53.6 Å². The average molecular weight is 262 g/mol. The Bertz CT molecular complexity index is 598. The number of hydrogen-bond acceptors (Lipinski definition) is 0. The highest BCUT2D eigenvalue weighted by molar-refractivity contribution is 5.79. The molecule has 0 saturated heterocycles. The molecule has 0 fully saturated rings. The van der Waals surface area contributed by atoms with Gasteiger partial charge in [0.25, 0.3) is 0 Å². The van der Waals surface area contributed by atoms with Crippen LogP contribution >= 0.6 is 0 Å². The monoisotopic (exact) mass is 262 g/mol. The highest BCUT2D eigenvalue weighted by Crippen LogP contribution is 2.47. The molecule has 0 aromatic heterocycles.